The zero-order chi connectivity index (χ0) is 16.7. The molecule has 2 N–H and O–H groups in total. The molecular weight excluding hydrogens is 304 g/mol. The van der Waals surface area contributed by atoms with Gasteiger partial charge in [-0.25, -0.2) is 0 Å². The van der Waals surface area contributed by atoms with Gasteiger partial charge in [0.1, 0.15) is 5.75 Å². The van der Waals surface area contributed by atoms with Crippen LogP contribution >= 0.6 is 0 Å². The number of carbonyl (C=O) groups is 2. The highest BCUT2D eigenvalue weighted by molar-refractivity contribution is 5.83. The van der Waals surface area contributed by atoms with E-state index in [0.29, 0.717) is 12.3 Å². The fourth-order valence-electron chi connectivity index (χ4n) is 4.05. The topological polar surface area (TPSA) is 69.6 Å². The normalized spacial score (nSPS) is 26.1. The number of nitrogens with zero attached hydrogens (tertiary/aromatic N) is 1. The molecule has 4 rings (SSSR count). The van der Waals surface area contributed by atoms with Gasteiger partial charge in [-0.2, -0.15) is 0 Å². The first-order valence-electron chi connectivity index (χ1n) is 9.03. The summed E-state index contributed by atoms with van der Waals surface area (Å²) in [7, 11) is 0. The average molecular weight is 328 g/mol. The third-order valence-corrected chi connectivity index (χ3v) is 5.59. The third-order valence-electron chi connectivity index (χ3n) is 5.59. The maximum atomic E-state index is 12.7. The van der Waals surface area contributed by atoms with Crippen molar-refractivity contribution in [3.05, 3.63) is 29.3 Å². The molecule has 1 saturated carbocycles. The molecule has 2 atom stereocenters. The van der Waals surface area contributed by atoms with Crippen molar-refractivity contribution in [3.63, 3.8) is 0 Å². The van der Waals surface area contributed by atoms with Gasteiger partial charge in [0.2, 0.25) is 11.8 Å². The van der Waals surface area contributed by atoms with Crippen LogP contribution < -0.4 is 5.32 Å². The van der Waals surface area contributed by atoms with Crippen molar-refractivity contribution < 1.29 is 14.7 Å². The Kier molecular flexibility index (Phi) is 3.94. The molecule has 1 heterocycles. The van der Waals surface area contributed by atoms with Gasteiger partial charge in [0.25, 0.3) is 0 Å². The van der Waals surface area contributed by atoms with E-state index >= 15 is 0 Å². The molecule has 2 aliphatic carbocycles. The zero-order valence-corrected chi connectivity index (χ0v) is 13.8. The Morgan fingerprint density at radius 2 is 1.96 bits per heavy atom. The smallest absolute Gasteiger partial charge is 0.225 e. The molecule has 2 unspecified atom stereocenters. The second kappa shape index (κ2) is 6.11. The second-order valence-electron chi connectivity index (χ2n) is 7.34. The van der Waals surface area contributed by atoms with Gasteiger partial charge in [-0.1, -0.05) is 12.1 Å². The number of aromatic hydroxyl groups is 1. The Morgan fingerprint density at radius 3 is 2.75 bits per heavy atom. The number of fused-ring (bicyclic) bond motifs is 1. The van der Waals surface area contributed by atoms with Gasteiger partial charge < -0.3 is 15.3 Å². The van der Waals surface area contributed by atoms with Crippen molar-refractivity contribution in [3.8, 4) is 5.75 Å². The Bertz CT molecular complexity index is 669. The van der Waals surface area contributed by atoms with E-state index in [-0.39, 0.29) is 29.7 Å². The van der Waals surface area contributed by atoms with Crippen LogP contribution in [-0.2, 0) is 16.0 Å². The number of hydrogen-bond donors (Lipinski definition) is 2. The number of phenolic OH excluding ortho intramolecular Hbond substituents is 1. The number of piperidine rings is 1. The first-order chi connectivity index (χ1) is 11.6. The summed E-state index contributed by atoms with van der Waals surface area (Å²) in [6.07, 6.45) is 5.39. The van der Waals surface area contributed by atoms with Gasteiger partial charge in [-0.05, 0) is 55.7 Å². The van der Waals surface area contributed by atoms with Crippen LogP contribution in [-0.4, -0.2) is 34.9 Å². The molecule has 24 heavy (non-hydrogen) atoms. The second-order valence-corrected chi connectivity index (χ2v) is 7.34. The Balaban J connectivity index is 1.40. The van der Waals surface area contributed by atoms with Crippen LogP contribution in [0.5, 0.6) is 5.75 Å². The van der Waals surface area contributed by atoms with Gasteiger partial charge in [-0.15, -0.1) is 0 Å². The molecule has 0 spiro atoms. The Labute approximate surface area is 142 Å². The number of benzene rings is 1. The summed E-state index contributed by atoms with van der Waals surface area (Å²) in [4.78, 5) is 26.8. The highest BCUT2D eigenvalue weighted by Gasteiger charge is 2.37. The van der Waals surface area contributed by atoms with Crippen LogP contribution in [0, 0.1) is 11.8 Å². The largest absolute Gasteiger partial charge is 0.508 e. The molecule has 128 valence electrons. The highest BCUT2D eigenvalue weighted by atomic mass is 16.3. The number of nitrogens with one attached hydrogen (secondary N) is 1. The van der Waals surface area contributed by atoms with E-state index in [2.05, 4.69) is 5.32 Å². The summed E-state index contributed by atoms with van der Waals surface area (Å²) in [5.74, 6) is 0.718. The number of carbonyl (C=O) groups excluding carboxylic acids is 2. The molecular formula is C19H24N2O3. The van der Waals surface area contributed by atoms with Crippen molar-refractivity contribution in [2.75, 3.05) is 13.1 Å². The summed E-state index contributed by atoms with van der Waals surface area (Å²) >= 11 is 0. The predicted molar refractivity (Wildman–Crippen MR) is 89.3 cm³/mol. The maximum absolute atomic E-state index is 12.7. The maximum Gasteiger partial charge on any atom is 0.225 e. The van der Waals surface area contributed by atoms with E-state index in [9.17, 15) is 14.7 Å². The van der Waals surface area contributed by atoms with Crippen molar-refractivity contribution in [1.29, 1.82) is 0 Å². The lowest BCUT2D eigenvalue weighted by atomic mass is 9.96. The molecule has 5 nitrogen and oxygen atoms in total. The molecule has 1 saturated heterocycles. The van der Waals surface area contributed by atoms with Crippen LogP contribution in [0.3, 0.4) is 0 Å². The van der Waals surface area contributed by atoms with Gasteiger partial charge in [0, 0.05) is 19.0 Å². The minimum absolute atomic E-state index is 0.0193. The van der Waals surface area contributed by atoms with Crippen LogP contribution in [0.15, 0.2) is 18.2 Å². The quantitative estimate of drug-likeness (QED) is 0.893. The first-order valence-corrected chi connectivity index (χ1v) is 9.03. The van der Waals surface area contributed by atoms with Crippen LogP contribution in [0.2, 0.25) is 0 Å². The molecule has 1 aliphatic heterocycles. The monoisotopic (exact) mass is 328 g/mol. The molecule has 3 aliphatic rings. The summed E-state index contributed by atoms with van der Waals surface area (Å²) in [5.41, 5.74) is 1.99. The fourth-order valence-corrected chi connectivity index (χ4v) is 4.05. The number of likely N-dealkylation sites (tertiary alicyclic amines) is 1. The van der Waals surface area contributed by atoms with E-state index in [1.54, 1.807) is 6.07 Å². The summed E-state index contributed by atoms with van der Waals surface area (Å²) in [6, 6.07) is 5.49. The lowest BCUT2D eigenvalue weighted by Crippen LogP contribution is -2.46. The van der Waals surface area contributed by atoms with E-state index in [1.807, 2.05) is 17.0 Å². The molecule has 2 fully saturated rings. The first kappa shape index (κ1) is 15.5. The number of hydrogen-bond acceptors (Lipinski definition) is 3. The van der Waals surface area contributed by atoms with E-state index in [1.165, 1.54) is 0 Å². The van der Waals surface area contributed by atoms with Crippen LogP contribution in [0.4, 0.5) is 0 Å². The lowest BCUT2D eigenvalue weighted by Gasteiger charge is -2.33. The SMILES string of the molecule is O=C(NC1CCc2c(O)cccc21)C1CCCN(C(=O)C2CC2)C1. The highest BCUT2D eigenvalue weighted by Crippen LogP contribution is 2.37. The average Bonchev–Trinajstić information content (AvgIpc) is 3.37. The Morgan fingerprint density at radius 1 is 1.12 bits per heavy atom. The molecule has 5 heteroatoms. The molecule has 1 aromatic rings. The van der Waals surface area contributed by atoms with Gasteiger partial charge in [0.05, 0.1) is 12.0 Å². The minimum Gasteiger partial charge on any atom is -0.508 e. The van der Waals surface area contributed by atoms with Crippen molar-refractivity contribution >= 4 is 11.8 Å². The number of rotatable bonds is 3. The zero-order valence-electron chi connectivity index (χ0n) is 13.8. The van der Waals surface area contributed by atoms with Crippen molar-refractivity contribution in [1.82, 2.24) is 10.2 Å². The number of amides is 2. The van der Waals surface area contributed by atoms with Gasteiger partial charge in [-0.3, -0.25) is 9.59 Å². The van der Waals surface area contributed by atoms with E-state index in [0.717, 1.165) is 56.2 Å². The molecule has 0 aromatic heterocycles. The molecule has 0 bridgehead atoms. The van der Waals surface area contributed by atoms with E-state index in [4.69, 9.17) is 0 Å². The van der Waals surface area contributed by atoms with Gasteiger partial charge in [0.15, 0.2) is 0 Å². The summed E-state index contributed by atoms with van der Waals surface area (Å²) in [6.45, 7) is 1.35. The number of phenols is 1. The van der Waals surface area contributed by atoms with E-state index < -0.39 is 0 Å². The molecule has 2 amide bonds. The molecule has 0 radical (unpaired) electrons. The van der Waals surface area contributed by atoms with Crippen molar-refractivity contribution in [2.24, 2.45) is 11.8 Å². The fraction of sp³-hybridized carbons (Fsp3) is 0.579. The van der Waals surface area contributed by atoms with Crippen LogP contribution in [0.25, 0.3) is 0 Å². The summed E-state index contributed by atoms with van der Waals surface area (Å²) < 4.78 is 0. The van der Waals surface area contributed by atoms with Gasteiger partial charge >= 0.3 is 0 Å². The predicted octanol–water partition coefficient (Wildman–Crippen LogP) is 2.14. The molecule has 1 aromatic carbocycles. The standard InChI is InChI=1S/C19H24N2O3/c22-17-5-1-4-14-15(17)8-9-16(14)20-18(23)13-3-2-10-21(11-13)19(24)12-6-7-12/h1,4-5,12-13,16,22H,2-3,6-11H2,(H,20,23). The van der Waals surface area contributed by atoms with Crippen molar-refractivity contribution in [2.45, 2.75) is 44.6 Å². The Hall–Kier alpha value is -2.04. The third kappa shape index (κ3) is 2.87. The minimum atomic E-state index is -0.109. The summed E-state index contributed by atoms with van der Waals surface area (Å²) in [5, 5.41) is 13.1. The lowest BCUT2D eigenvalue weighted by molar-refractivity contribution is -0.137. The van der Waals surface area contributed by atoms with Crippen LogP contribution in [0.1, 0.15) is 49.3 Å².